The first-order chi connectivity index (χ1) is 2.91. The van der Waals surface area contributed by atoms with Gasteiger partial charge in [0, 0.05) is 6.61 Å². The van der Waals surface area contributed by atoms with E-state index in [1.807, 2.05) is 0 Å². The Morgan fingerprint density at radius 2 is 1.75 bits per heavy atom. The minimum atomic E-state index is 0. The molecular formula is C5H12BrMgO+. The Hall–Kier alpha value is 1.21. The Morgan fingerprint density at radius 1 is 1.25 bits per heavy atom. The smallest absolute Gasteiger partial charge is 1.00 e. The zero-order valence-corrected chi connectivity index (χ0v) is 8.36. The summed E-state index contributed by atoms with van der Waals surface area (Å²) in [6.45, 7) is 2.48. The molecule has 0 saturated heterocycles. The van der Waals surface area contributed by atoms with Crippen molar-refractivity contribution in [1.82, 2.24) is 0 Å². The van der Waals surface area contributed by atoms with Crippen LogP contribution in [0.25, 0.3) is 0 Å². The van der Waals surface area contributed by atoms with Gasteiger partial charge in [-0.05, 0) is 6.42 Å². The fourth-order valence-corrected chi connectivity index (χ4v) is 0.362. The number of hydrogen-bond acceptors (Lipinski definition) is 1. The van der Waals surface area contributed by atoms with E-state index in [0.29, 0.717) is 6.61 Å². The van der Waals surface area contributed by atoms with Gasteiger partial charge in [-0.2, -0.15) is 0 Å². The van der Waals surface area contributed by atoms with E-state index in [-0.39, 0.29) is 40.0 Å². The quantitative estimate of drug-likeness (QED) is 0.397. The second-order valence-electron chi connectivity index (χ2n) is 1.43. The normalized spacial score (nSPS) is 6.75. The van der Waals surface area contributed by atoms with Crippen molar-refractivity contribution < 1.29 is 22.1 Å². The van der Waals surface area contributed by atoms with Gasteiger partial charge in [0.25, 0.3) is 0 Å². The molecule has 0 atom stereocenters. The number of rotatable bonds is 3. The third-order valence-corrected chi connectivity index (χ3v) is 0.762. The molecular weight excluding hydrogens is 180 g/mol. The summed E-state index contributed by atoms with van der Waals surface area (Å²) in [5.41, 5.74) is 0. The van der Waals surface area contributed by atoms with Crippen LogP contribution in [0.3, 0.4) is 0 Å². The van der Waals surface area contributed by atoms with E-state index >= 15 is 0 Å². The molecule has 0 fully saturated rings. The Kier molecular flexibility index (Phi) is 31.6. The molecule has 46 valence electrons. The van der Waals surface area contributed by atoms with Crippen LogP contribution in [0.15, 0.2) is 0 Å². The fraction of sp³-hybridized carbons (Fsp3) is 1.00. The molecule has 0 saturated carbocycles. The van der Waals surface area contributed by atoms with Crippen LogP contribution in [-0.2, 0) is 0 Å². The molecule has 1 nitrogen and oxygen atoms in total. The average Bonchev–Trinajstić information content (AvgIpc) is 1.61. The van der Waals surface area contributed by atoms with E-state index in [4.69, 9.17) is 5.11 Å². The van der Waals surface area contributed by atoms with Crippen LogP contribution in [0.4, 0.5) is 0 Å². The van der Waals surface area contributed by atoms with Gasteiger partial charge in [0.15, 0.2) is 0 Å². The summed E-state index contributed by atoms with van der Waals surface area (Å²) in [5, 5.41) is 8.20. The van der Waals surface area contributed by atoms with Gasteiger partial charge < -0.3 is 22.1 Å². The monoisotopic (exact) mass is 191 g/mol. The molecule has 0 heterocycles. The van der Waals surface area contributed by atoms with Crippen LogP contribution in [0.1, 0.15) is 26.2 Å². The molecule has 0 bridgehead atoms. The summed E-state index contributed by atoms with van der Waals surface area (Å²) in [6, 6.07) is 0. The summed E-state index contributed by atoms with van der Waals surface area (Å²) in [6.07, 6.45) is 3.33. The summed E-state index contributed by atoms with van der Waals surface area (Å²) in [5.74, 6) is 0. The first-order valence-electron chi connectivity index (χ1n) is 2.52. The molecule has 0 aromatic rings. The van der Waals surface area contributed by atoms with Gasteiger partial charge in [-0.1, -0.05) is 19.8 Å². The van der Waals surface area contributed by atoms with Gasteiger partial charge in [-0.3, -0.25) is 0 Å². The molecule has 1 N–H and O–H groups in total. The topological polar surface area (TPSA) is 20.2 Å². The average molecular weight is 192 g/mol. The van der Waals surface area contributed by atoms with Gasteiger partial charge >= 0.3 is 23.1 Å². The molecule has 0 aromatic carbocycles. The largest absolute Gasteiger partial charge is 2.00 e. The molecule has 0 aromatic heterocycles. The van der Waals surface area contributed by atoms with Crippen LogP contribution < -0.4 is 17.0 Å². The van der Waals surface area contributed by atoms with Gasteiger partial charge in [-0.25, -0.2) is 0 Å². The number of unbranched alkanes of at least 4 members (excludes halogenated alkanes) is 2. The van der Waals surface area contributed by atoms with Crippen molar-refractivity contribution >= 4 is 23.1 Å². The van der Waals surface area contributed by atoms with Gasteiger partial charge in [0.1, 0.15) is 0 Å². The zero-order valence-electron chi connectivity index (χ0n) is 5.36. The molecule has 0 aliphatic carbocycles. The fourth-order valence-electron chi connectivity index (χ4n) is 0.362. The van der Waals surface area contributed by atoms with E-state index in [1.165, 1.54) is 6.42 Å². The van der Waals surface area contributed by atoms with Crippen molar-refractivity contribution in [2.75, 3.05) is 6.61 Å². The molecule has 0 spiro atoms. The predicted molar refractivity (Wildman–Crippen MR) is 32.4 cm³/mol. The van der Waals surface area contributed by atoms with Gasteiger partial charge in [-0.15, -0.1) is 0 Å². The molecule has 0 unspecified atom stereocenters. The first-order valence-corrected chi connectivity index (χ1v) is 2.52. The summed E-state index contributed by atoms with van der Waals surface area (Å²) in [4.78, 5) is 0. The summed E-state index contributed by atoms with van der Waals surface area (Å²) >= 11 is 0. The third-order valence-electron chi connectivity index (χ3n) is 0.762. The van der Waals surface area contributed by atoms with Crippen LogP contribution in [0, 0.1) is 0 Å². The Labute approximate surface area is 77.8 Å². The number of halogens is 1. The molecule has 3 heteroatoms. The molecule has 8 heavy (non-hydrogen) atoms. The Morgan fingerprint density at radius 3 is 1.88 bits per heavy atom. The third kappa shape index (κ3) is 15.7. The predicted octanol–water partition coefficient (Wildman–Crippen LogP) is -2.21. The van der Waals surface area contributed by atoms with E-state index in [0.717, 1.165) is 12.8 Å². The maximum absolute atomic E-state index is 8.20. The Balaban J connectivity index is -0.000000125. The minimum absolute atomic E-state index is 0. The number of aliphatic hydroxyl groups excluding tert-OH is 1. The molecule has 0 radical (unpaired) electrons. The SMILES string of the molecule is CCCCCO.[Br-].[Mg+2]. The van der Waals surface area contributed by atoms with E-state index < -0.39 is 0 Å². The van der Waals surface area contributed by atoms with Crippen LogP contribution in [-0.4, -0.2) is 34.8 Å². The van der Waals surface area contributed by atoms with E-state index in [1.54, 1.807) is 0 Å². The van der Waals surface area contributed by atoms with Gasteiger partial charge in [0.05, 0.1) is 0 Å². The second kappa shape index (κ2) is 15.7. The molecule has 0 amide bonds. The van der Waals surface area contributed by atoms with Crippen molar-refractivity contribution in [3.63, 3.8) is 0 Å². The van der Waals surface area contributed by atoms with Crippen LogP contribution in [0.5, 0.6) is 0 Å². The second-order valence-corrected chi connectivity index (χ2v) is 1.43. The number of aliphatic hydroxyl groups is 1. The maximum Gasteiger partial charge on any atom is 2.00 e. The molecule has 0 aliphatic heterocycles. The first kappa shape index (κ1) is 16.1. The minimum Gasteiger partial charge on any atom is -1.00 e. The maximum atomic E-state index is 8.20. The van der Waals surface area contributed by atoms with Crippen molar-refractivity contribution in [1.29, 1.82) is 0 Å². The summed E-state index contributed by atoms with van der Waals surface area (Å²) < 4.78 is 0. The number of hydrogen-bond donors (Lipinski definition) is 1. The van der Waals surface area contributed by atoms with Crippen molar-refractivity contribution in [2.45, 2.75) is 26.2 Å². The Bertz CT molecular complexity index is 24.4. The van der Waals surface area contributed by atoms with E-state index in [2.05, 4.69) is 6.92 Å². The van der Waals surface area contributed by atoms with E-state index in [9.17, 15) is 0 Å². The van der Waals surface area contributed by atoms with Crippen LogP contribution in [0.2, 0.25) is 0 Å². The van der Waals surface area contributed by atoms with Crippen molar-refractivity contribution in [2.24, 2.45) is 0 Å². The molecule has 0 rings (SSSR count). The summed E-state index contributed by atoms with van der Waals surface area (Å²) in [7, 11) is 0. The van der Waals surface area contributed by atoms with Crippen LogP contribution >= 0.6 is 0 Å². The zero-order chi connectivity index (χ0) is 4.83. The molecule has 0 aliphatic rings. The van der Waals surface area contributed by atoms with Gasteiger partial charge in [0.2, 0.25) is 0 Å². The van der Waals surface area contributed by atoms with Crippen molar-refractivity contribution in [3.8, 4) is 0 Å². The van der Waals surface area contributed by atoms with Crippen molar-refractivity contribution in [3.05, 3.63) is 0 Å². The standard InChI is InChI=1S/C5H12O.BrH.Mg/c1-2-3-4-5-6;;/h6H,2-5H2,1H3;1H;/q;;+2/p-1.